The number of benzene rings is 1. The summed E-state index contributed by atoms with van der Waals surface area (Å²) < 4.78 is 6.71. The lowest BCUT2D eigenvalue weighted by atomic mass is 10.1. The second-order valence-electron chi connectivity index (χ2n) is 5.66. The highest BCUT2D eigenvalue weighted by atomic mass is 16.5. The van der Waals surface area contributed by atoms with Gasteiger partial charge < -0.3 is 9.64 Å². The summed E-state index contributed by atoms with van der Waals surface area (Å²) >= 11 is 0. The first-order valence-corrected chi connectivity index (χ1v) is 7.40. The summed E-state index contributed by atoms with van der Waals surface area (Å²) in [5.74, 6) is -0.0771. The predicted octanol–water partition coefficient (Wildman–Crippen LogP) is 0.952. The van der Waals surface area contributed by atoms with Crippen LogP contribution < -0.4 is 5.56 Å². The molecule has 0 radical (unpaired) electrons. The molecule has 1 aliphatic heterocycles. The largest absolute Gasteiger partial charge is 0.377 e. The summed E-state index contributed by atoms with van der Waals surface area (Å²) in [5.41, 5.74) is 1.47. The van der Waals surface area contributed by atoms with Crippen LogP contribution in [0.3, 0.4) is 0 Å². The van der Waals surface area contributed by atoms with Gasteiger partial charge in [0.15, 0.2) is 0 Å². The molecule has 1 fully saturated rings. The molecule has 1 amide bonds. The van der Waals surface area contributed by atoms with Gasteiger partial charge in [0.1, 0.15) is 6.54 Å². The van der Waals surface area contributed by atoms with E-state index in [1.807, 2.05) is 26.0 Å². The van der Waals surface area contributed by atoms with Crippen molar-refractivity contribution in [3.8, 4) is 0 Å². The highest BCUT2D eigenvalue weighted by Crippen LogP contribution is 2.12. The van der Waals surface area contributed by atoms with E-state index in [1.165, 1.54) is 10.9 Å². The topological polar surface area (TPSA) is 64.4 Å². The monoisotopic (exact) mass is 301 g/mol. The number of amides is 1. The lowest BCUT2D eigenvalue weighted by Gasteiger charge is -2.33. The second-order valence-corrected chi connectivity index (χ2v) is 5.66. The van der Waals surface area contributed by atoms with Crippen LogP contribution in [-0.2, 0) is 16.1 Å². The van der Waals surface area contributed by atoms with E-state index in [0.29, 0.717) is 30.7 Å². The molecular formula is C16H19N3O3. The molecule has 0 spiro atoms. The minimum atomic E-state index is -0.178. The molecule has 2 aromatic rings. The molecule has 0 N–H and O–H groups in total. The summed E-state index contributed by atoms with van der Waals surface area (Å²) in [6.45, 7) is 5.52. The average Bonchev–Trinajstić information content (AvgIpc) is 2.51. The van der Waals surface area contributed by atoms with Crippen molar-refractivity contribution >= 4 is 16.8 Å². The first-order valence-electron chi connectivity index (χ1n) is 7.40. The number of nitrogens with zero attached hydrogens (tertiary/aromatic N) is 3. The standard InChI is InChI=1S/C16H19N3O3/c1-11-4-3-5-13-15(11)17-10-18(16(13)21)8-14(20)19-6-7-22-9-12(19)2/h3-5,10,12H,6-9H2,1-2H3. The van der Waals surface area contributed by atoms with Gasteiger partial charge in [0.05, 0.1) is 36.5 Å². The fraction of sp³-hybridized carbons (Fsp3) is 0.438. The van der Waals surface area contributed by atoms with E-state index in [0.717, 1.165) is 5.56 Å². The highest BCUT2D eigenvalue weighted by Gasteiger charge is 2.24. The van der Waals surface area contributed by atoms with E-state index >= 15 is 0 Å². The van der Waals surface area contributed by atoms with Gasteiger partial charge in [-0.25, -0.2) is 4.98 Å². The SMILES string of the molecule is Cc1cccc2c(=O)n(CC(=O)N3CCOCC3C)cnc12. The number of hydrogen-bond donors (Lipinski definition) is 0. The Labute approximate surface area is 128 Å². The molecule has 0 aliphatic carbocycles. The molecular weight excluding hydrogens is 282 g/mol. The predicted molar refractivity (Wildman–Crippen MR) is 82.7 cm³/mol. The molecule has 1 aromatic heterocycles. The maximum absolute atomic E-state index is 12.5. The van der Waals surface area contributed by atoms with Crippen molar-refractivity contribution in [3.05, 3.63) is 40.4 Å². The first kappa shape index (κ1) is 14.7. The van der Waals surface area contributed by atoms with E-state index in [-0.39, 0.29) is 24.1 Å². The fourth-order valence-electron chi connectivity index (χ4n) is 2.78. The number of aromatic nitrogens is 2. The lowest BCUT2D eigenvalue weighted by molar-refractivity contribution is -0.139. The second kappa shape index (κ2) is 5.88. The van der Waals surface area contributed by atoms with E-state index < -0.39 is 0 Å². The molecule has 1 saturated heterocycles. The Bertz CT molecular complexity index is 769. The van der Waals surface area contributed by atoms with Crippen LogP contribution in [0.1, 0.15) is 12.5 Å². The molecule has 3 rings (SSSR count). The first-order chi connectivity index (χ1) is 10.6. The summed E-state index contributed by atoms with van der Waals surface area (Å²) in [5, 5.41) is 0.547. The normalized spacial score (nSPS) is 18.6. The number of aryl methyl sites for hydroxylation is 1. The molecule has 1 unspecified atom stereocenters. The average molecular weight is 301 g/mol. The van der Waals surface area contributed by atoms with E-state index in [2.05, 4.69) is 4.98 Å². The van der Waals surface area contributed by atoms with Crippen LogP contribution in [0.5, 0.6) is 0 Å². The molecule has 1 aliphatic rings. The molecule has 1 aromatic carbocycles. The Kier molecular flexibility index (Phi) is 3.94. The van der Waals surface area contributed by atoms with E-state index in [9.17, 15) is 9.59 Å². The molecule has 22 heavy (non-hydrogen) atoms. The van der Waals surface area contributed by atoms with Gasteiger partial charge in [0.25, 0.3) is 5.56 Å². The number of carbonyl (C=O) groups excluding carboxylic acids is 1. The Morgan fingerprint density at radius 2 is 2.27 bits per heavy atom. The maximum atomic E-state index is 12.5. The number of para-hydroxylation sites is 1. The zero-order chi connectivity index (χ0) is 15.7. The van der Waals surface area contributed by atoms with Crippen molar-refractivity contribution in [3.63, 3.8) is 0 Å². The summed E-state index contributed by atoms with van der Waals surface area (Å²) in [6, 6.07) is 5.53. The Morgan fingerprint density at radius 3 is 3.05 bits per heavy atom. The number of hydrogen-bond acceptors (Lipinski definition) is 4. The fourth-order valence-corrected chi connectivity index (χ4v) is 2.78. The van der Waals surface area contributed by atoms with E-state index in [4.69, 9.17) is 4.74 Å². The molecule has 6 nitrogen and oxygen atoms in total. The van der Waals surface area contributed by atoms with Crippen LogP contribution in [-0.4, -0.2) is 46.2 Å². The Morgan fingerprint density at radius 1 is 1.45 bits per heavy atom. The third kappa shape index (κ3) is 2.62. The zero-order valence-electron chi connectivity index (χ0n) is 12.8. The number of ether oxygens (including phenoxy) is 1. The Hall–Kier alpha value is -2.21. The minimum Gasteiger partial charge on any atom is -0.377 e. The van der Waals surface area contributed by atoms with Crippen molar-refractivity contribution in [2.75, 3.05) is 19.8 Å². The van der Waals surface area contributed by atoms with Crippen LogP contribution in [0.25, 0.3) is 10.9 Å². The van der Waals surface area contributed by atoms with Crippen LogP contribution in [0.4, 0.5) is 0 Å². The molecule has 0 bridgehead atoms. The van der Waals surface area contributed by atoms with Crippen molar-refractivity contribution in [1.82, 2.24) is 14.5 Å². The van der Waals surface area contributed by atoms with Gasteiger partial charge in [-0.05, 0) is 25.5 Å². The highest BCUT2D eigenvalue weighted by molar-refractivity contribution is 5.81. The van der Waals surface area contributed by atoms with E-state index in [1.54, 1.807) is 11.0 Å². The lowest BCUT2D eigenvalue weighted by Crippen LogP contribution is -2.48. The van der Waals surface area contributed by atoms with Gasteiger partial charge >= 0.3 is 0 Å². The third-order valence-corrected chi connectivity index (χ3v) is 4.05. The zero-order valence-corrected chi connectivity index (χ0v) is 12.8. The number of fused-ring (bicyclic) bond motifs is 1. The molecule has 0 saturated carbocycles. The quantitative estimate of drug-likeness (QED) is 0.828. The molecule has 1 atom stereocenters. The van der Waals surface area contributed by atoms with Crippen LogP contribution >= 0.6 is 0 Å². The third-order valence-electron chi connectivity index (χ3n) is 4.05. The van der Waals surface area contributed by atoms with Gasteiger partial charge in [0.2, 0.25) is 5.91 Å². The van der Waals surface area contributed by atoms with Crippen LogP contribution in [0.15, 0.2) is 29.3 Å². The van der Waals surface area contributed by atoms with Gasteiger partial charge in [-0.2, -0.15) is 0 Å². The molecule has 116 valence electrons. The minimum absolute atomic E-state index is 0.0139. The molecule has 2 heterocycles. The summed E-state index contributed by atoms with van der Waals surface area (Å²) in [4.78, 5) is 31.0. The van der Waals surface area contributed by atoms with Crippen molar-refractivity contribution in [2.24, 2.45) is 0 Å². The van der Waals surface area contributed by atoms with Gasteiger partial charge in [-0.15, -0.1) is 0 Å². The Balaban J connectivity index is 1.89. The summed E-state index contributed by atoms with van der Waals surface area (Å²) in [7, 11) is 0. The van der Waals surface area contributed by atoms with Gasteiger partial charge in [0, 0.05) is 6.54 Å². The van der Waals surface area contributed by atoms with Crippen LogP contribution in [0, 0.1) is 6.92 Å². The van der Waals surface area contributed by atoms with Crippen molar-refractivity contribution < 1.29 is 9.53 Å². The number of carbonyl (C=O) groups is 1. The van der Waals surface area contributed by atoms with Crippen LogP contribution in [0.2, 0.25) is 0 Å². The smallest absolute Gasteiger partial charge is 0.261 e. The van der Waals surface area contributed by atoms with Crippen molar-refractivity contribution in [2.45, 2.75) is 26.4 Å². The van der Waals surface area contributed by atoms with Gasteiger partial charge in [-0.3, -0.25) is 14.2 Å². The number of morpholine rings is 1. The van der Waals surface area contributed by atoms with Crippen molar-refractivity contribution in [1.29, 1.82) is 0 Å². The number of rotatable bonds is 2. The maximum Gasteiger partial charge on any atom is 0.261 e. The molecule has 6 heteroatoms. The summed E-state index contributed by atoms with van der Waals surface area (Å²) in [6.07, 6.45) is 1.46. The van der Waals surface area contributed by atoms with Gasteiger partial charge in [-0.1, -0.05) is 12.1 Å².